The lowest BCUT2D eigenvalue weighted by atomic mass is 9.92. The van der Waals surface area contributed by atoms with Crippen molar-refractivity contribution in [3.05, 3.63) is 45.9 Å². The number of nitrogens with zero attached hydrogens (tertiary/aromatic N) is 3. The summed E-state index contributed by atoms with van der Waals surface area (Å²) in [5.74, 6) is -0.00622. The number of aromatic nitrogens is 1. The Bertz CT molecular complexity index is 882. The summed E-state index contributed by atoms with van der Waals surface area (Å²) in [5.41, 5.74) is 1.08. The first-order chi connectivity index (χ1) is 13.5. The molecule has 0 N–H and O–H groups in total. The number of ether oxygens (including phenoxy) is 1. The number of likely N-dealkylation sites (tertiary alicyclic amines) is 1. The molecular weight excluding hydrogens is 374 g/mol. The number of hydrogen-bond donors (Lipinski definition) is 0. The molecule has 4 rings (SSSR count). The Morgan fingerprint density at radius 3 is 2.68 bits per heavy atom. The molecule has 148 valence electrons. The highest BCUT2D eigenvalue weighted by atomic mass is 32.1. The topological polar surface area (TPSA) is 62.7 Å². The molecule has 0 radical (unpaired) electrons. The Labute approximate surface area is 169 Å². The van der Waals surface area contributed by atoms with Gasteiger partial charge in [-0.1, -0.05) is 18.2 Å². The smallest absolute Gasteiger partial charge is 0.273 e. The van der Waals surface area contributed by atoms with Crippen LogP contribution in [0.1, 0.15) is 39.6 Å². The van der Waals surface area contributed by atoms with Crippen LogP contribution in [0.5, 0.6) is 0 Å². The second kappa shape index (κ2) is 7.64. The third-order valence-corrected chi connectivity index (χ3v) is 6.49. The van der Waals surface area contributed by atoms with Crippen molar-refractivity contribution in [1.82, 2.24) is 9.88 Å². The van der Waals surface area contributed by atoms with Gasteiger partial charge in [-0.25, -0.2) is 4.98 Å². The molecule has 2 fully saturated rings. The van der Waals surface area contributed by atoms with E-state index in [2.05, 4.69) is 4.98 Å². The maximum atomic E-state index is 13.0. The molecule has 28 heavy (non-hydrogen) atoms. The normalized spacial score (nSPS) is 23.1. The summed E-state index contributed by atoms with van der Waals surface area (Å²) < 4.78 is 6.07. The Hall–Kier alpha value is -2.25. The third-order valence-electron chi connectivity index (χ3n) is 5.61. The van der Waals surface area contributed by atoms with Gasteiger partial charge in [-0.15, -0.1) is 11.3 Å². The van der Waals surface area contributed by atoms with Crippen LogP contribution in [-0.2, 0) is 9.53 Å². The summed E-state index contributed by atoms with van der Waals surface area (Å²) in [6.45, 7) is 5.81. The maximum Gasteiger partial charge on any atom is 0.273 e. The molecule has 1 atom stereocenters. The van der Waals surface area contributed by atoms with Crippen LogP contribution in [0, 0.1) is 13.8 Å². The maximum absolute atomic E-state index is 13.0. The summed E-state index contributed by atoms with van der Waals surface area (Å²) in [7, 11) is 0. The van der Waals surface area contributed by atoms with Crippen molar-refractivity contribution in [3.63, 3.8) is 0 Å². The number of anilines is 1. The fourth-order valence-corrected chi connectivity index (χ4v) is 4.92. The first kappa shape index (κ1) is 19.1. The van der Waals surface area contributed by atoms with Gasteiger partial charge in [0.1, 0.15) is 12.3 Å². The fourth-order valence-electron chi connectivity index (χ4n) is 4.11. The number of aryl methyl sites for hydroxylation is 2. The van der Waals surface area contributed by atoms with Crippen molar-refractivity contribution in [2.45, 2.75) is 38.7 Å². The molecule has 2 aliphatic heterocycles. The predicted molar refractivity (Wildman–Crippen MR) is 109 cm³/mol. The van der Waals surface area contributed by atoms with E-state index in [9.17, 15) is 9.59 Å². The van der Waals surface area contributed by atoms with Gasteiger partial charge in [0.2, 0.25) is 0 Å². The number of para-hydroxylation sites is 1. The highest BCUT2D eigenvalue weighted by molar-refractivity contribution is 7.11. The number of carbonyl (C=O) groups is 2. The van der Waals surface area contributed by atoms with Gasteiger partial charge in [-0.2, -0.15) is 0 Å². The second-order valence-corrected chi connectivity index (χ2v) is 8.98. The first-order valence-corrected chi connectivity index (χ1v) is 10.5. The van der Waals surface area contributed by atoms with Gasteiger partial charge >= 0.3 is 0 Å². The van der Waals surface area contributed by atoms with E-state index in [1.54, 1.807) is 11.3 Å². The quantitative estimate of drug-likeness (QED) is 0.778. The Morgan fingerprint density at radius 2 is 1.96 bits per heavy atom. The van der Waals surface area contributed by atoms with Crippen LogP contribution in [0.4, 0.5) is 5.69 Å². The molecular formula is C21H25N3O3S. The first-order valence-electron chi connectivity index (χ1n) is 9.70. The van der Waals surface area contributed by atoms with E-state index in [4.69, 9.17) is 4.74 Å². The number of carbonyl (C=O) groups excluding carboxylic acids is 2. The summed E-state index contributed by atoms with van der Waals surface area (Å²) in [6, 6.07) is 9.74. The number of rotatable bonds is 2. The minimum absolute atomic E-state index is 0.00528. The van der Waals surface area contributed by atoms with Gasteiger partial charge in [0.25, 0.3) is 11.8 Å². The number of hydrogen-bond acceptors (Lipinski definition) is 5. The molecule has 2 amide bonds. The fraction of sp³-hybridized carbons (Fsp3) is 0.476. The Morgan fingerprint density at radius 1 is 1.18 bits per heavy atom. The third kappa shape index (κ3) is 3.69. The molecule has 0 saturated carbocycles. The van der Waals surface area contributed by atoms with E-state index in [1.165, 1.54) is 0 Å². The molecule has 6 nitrogen and oxygen atoms in total. The van der Waals surface area contributed by atoms with E-state index in [1.807, 2.05) is 54.0 Å². The van der Waals surface area contributed by atoms with Crippen molar-refractivity contribution in [3.8, 4) is 0 Å². The van der Waals surface area contributed by atoms with Crippen molar-refractivity contribution in [2.24, 2.45) is 0 Å². The molecule has 1 unspecified atom stereocenters. The van der Waals surface area contributed by atoms with Crippen LogP contribution in [0.2, 0.25) is 0 Å². The molecule has 1 aromatic heterocycles. The van der Waals surface area contributed by atoms with E-state index < -0.39 is 5.60 Å². The van der Waals surface area contributed by atoms with Crippen LogP contribution in [0.15, 0.2) is 30.3 Å². The highest BCUT2D eigenvalue weighted by Gasteiger charge is 2.42. The second-order valence-electron chi connectivity index (χ2n) is 7.57. The van der Waals surface area contributed by atoms with Crippen molar-refractivity contribution >= 4 is 28.8 Å². The van der Waals surface area contributed by atoms with Crippen LogP contribution in [0.3, 0.4) is 0 Å². The van der Waals surface area contributed by atoms with Crippen molar-refractivity contribution < 1.29 is 14.3 Å². The molecule has 1 aromatic carbocycles. The van der Waals surface area contributed by atoms with Gasteiger partial charge in [-0.05, 0) is 45.2 Å². The minimum atomic E-state index is -0.397. The molecule has 0 bridgehead atoms. The molecule has 0 aliphatic carbocycles. The minimum Gasteiger partial charge on any atom is -0.363 e. The Kier molecular flexibility index (Phi) is 5.21. The zero-order valence-electron chi connectivity index (χ0n) is 16.3. The molecule has 1 spiro atoms. The number of morpholine rings is 1. The summed E-state index contributed by atoms with van der Waals surface area (Å²) in [4.78, 5) is 34.5. The average Bonchev–Trinajstić information content (AvgIpc) is 2.91. The SMILES string of the molecule is Cc1nc(C(=O)N2CCCC3(CC2)CN(c2ccccc2)C(=O)CO3)c(C)s1. The van der Waals surface area contributed by atoms with E-state index in [-0.39, 0.29) is 18.4 Å². The highest BCUT2D eigenvalue weighted by Crippen LogP contribution is 2.33. The number of benzene rings is 1. The lowest BCUT2D eigenvalue weighted by molar-refractivity contribution is -0.140. The predicted octanol–water partition coefficient (Wildman–Crippen LogP) is 3.19. The Balaban J connectivity index is 1.49. The molecule has 3 heterocycles. The van der Waals surface area contributed by atoms with Crippen LogP contribution < -0.4 is 4.90 Å². The van der Waals surface area contributed by atoms with Crippen LogP contribution >= 0.6 is 11.3 Å². The monoisotopic (exact) mass is 399 g/mol. The van der Waals surface area contributed by atoms with Crippen molar-refractivity contribution in [1.29, 1.82) is 0 Å². The van der Waals surface area contributed by atoms with Crippen molar-refractivity contribution in [2.75, 3.05) is 31.1 Å². The molecule has 2 aliphatic rings. The van der Waals surface area contributed by atoms with E-state index >= 15 is 0 Å². The van der Waals surface area contributed by atoms with E-state index in [0.717, 1.165) is 34.8 Å². The lowest BCUT2D eigenvalue weighted by Crippen LogP contribution is -2.55. The molecule has 7 heteroatoms. The average molecular weight is 400 g/mol. The molecule has 2 aromatic rings. The largest absolute Gasteiger partial charge is 0.363 e. The van der Waals surface area contributed by atoms with Gasteiger partial charge in [-0.3, -0.25) is 9.59 Å². The lowest BCUT2D eigenvalue weighted by Gasteiger charge is -2.42. The van der Waals surface area contributed by atoms with Crippen LogP contribution in [-0.4, -0.2) is 53.5 Å². The van der Waals surface area contributed by atoms with Gasteiger partial charge in [0, 0.05) is 23.7 Å². The van der Waals surface area contributed by atoms with Crippen LogP contribution in [0.25, 0.3) is 0 Å². The molecule has 2 saturated heterocycles. The zero-order valence-corrected chi connectivity index (χ0v) is 17.1. The van der Waals surface area contributed by atoms with E-state index in [0.29, 0.717) is 25.3 Å². The van der Waals surface area contributed by atoms with Gasteiger partial charge in [0.15, 0.2) is 0 Å². The summed E-state index contributed by atoms with van der Waals surface area (Å²) in [5, 5.41) is 0.916. The van der Waals surface area contributed by atoms with Gasteiger partial charge < -0.3 is 14.5 Å². The number of amides is 2. The standard InChI is InChI=1S/C21H25N3O3S/c1-15-19(22-16(2)28-15)20(26)23-11-6-9-21(10-12-23)14-24(18(25)13-27-21)17-7-4-3-5-8-17/h3-5,7-8H,6,9-14H2,1-2H3. The zero-order chi connectivity index (χ0) is 19.7. The summed E-state index contributed by atoms with van der Waals surface area (Å²) in [6.07, 6.45) is 2.41. The summed E-state index contributed by atoms with van der Waals surface area (Å²) >= 11 is 1.56. The number of thiazole rings is 1. The van der Waals surface area contributed by atoms with Gasteiger partial charge in [0.05, 0.1) is 17.2 Å².